The summed E-state index contributed by atoms with van der Waals surface area (Å²) in [5.74, 6) is -0.0350. The number of hydrogen-bond acceptors (Lipinski definition) is 4. The zero-order valence-electron chi connectivity index (χ0n) is 10.3. The van der Waals surface area contributed by atoms with Gasteiger partial charge in [0.15, 0.2) is 0 Å². The summed E-state index contributed by atoms with van der Waals surface area (Å²) in [6.45, 7) is 3.58. The van der Waals surface area contributed by atoms with Gasteiger partial charge in [-0.05, 0) is 18.5 Å². The van der Waals surface area contributed by atoms with E-state index in [0.29, 0.717) is 13.1 Å². The Morgan fingerprint density at radius 3 is 2.44 bits per heavy atom. The fourth-order valence-corrected chi connectivity index (χ4v) is 1.47. The largest absolute Gasteiger partial charge is 0.355 e. The minimum Gasteiger partial charge on any atom is -0.355 e. The monoisotopic (exact) mass is 251 g/mol. The van der Waals surface area contributed by atoms with E-state index in [0.717, 1.165) is 18.5 Å². The van der Waals surface area contributed by atoms with Crippen LogP contribution in [0.4, 0.5) is 5.69 Å². The molecule has 2 N–H and O–H groups in total. The Morgan fingerprint density at radius 1 is 1.22 bits per heavy atom. The van der Waals surface area contributed by atoms with Gasteiger partial charge >= 0.3 is 0 Å². The Bertz CT molecular complexity index is 404. The van der Waals surface area contributed by atoms with Crippen molar-refractivity contribution in [2.45, 2.75) is 13.3 Å². The van der Waals surface area contributed by atoms with Gasteiger partial charge in [-0.3, -0.25) is 14.9 Å². The number of benzene rings is 1. The molecule has 0 aromatic heterocycles. The zero-order valence-corrected chi connectivity index (χ0v) is 10.3. The van der Waals surface area contributed by atoms with E-state index in [4.69, 9.17) is 0 Å². The van der Waals surface area contributed by atoms with Crippen molar-refractivity contribution in [3.63, 3.8) is 0 Å². The lowest BCUT2D eigenvalue weighted by Crippen LogP contribution is -2.31. The number of hydrogen-bond donors (Lipinski definition) is 2. The number of nitro groups is 1. The van der Waals surface area contributed by atoms with Crippen molar-refractivity contribution in [3.05, 3.63) is 39.9 Å². The summed E-state index contributed by atoms with van der Waals surface area (Å²) < 4.78 is 0. The normalized spacial score (nSPS) is 10.1. The number of nitrogens with one attached hydrogen (secondary N) is 2. The lowest BCUT2D eigenvalue weighted by molar-refractivity contribution is -0.384. The van der Waals surface area contributed by atoms with Gasteiger partial charge in [-0.1, -0.05) is 12.1 Å². The Balaban J connectivity index is 2.19. The molecule has 0 heterocycles. The standard InChI is InChI=1S/C12H17N3O3/c1-10(16)14-9-8-13-7-6-11-2-4-12(5-3-11)15(17)18/h2-5,13H,6-9H2,1H3,(H,14,16). The number of carbonyl (C=O) groups is 1. The van der Waals surface area contributed by atoms with Gasteiger partial charge in [-0.2, -0.15) is 0 Å². The smallest absolute Gasteiger partial charge is 0.269 e. The maximum absolute atomic E-state index is 10.6. The Labute approximate surface area is 106 Å². The first kappa shape index (κ1) is 14.1. The molecule has 0 fully saturated rings. The van der Waals surface area contributed by atoms with E-state index >= 15 is 0 Å². The maximum atomic E-state index is 10.6. The highest BCUT2D eigenvalue weighted by molar-refractivity contribution is 5.72. The molecule has 0 aliphatic carbocycles. The second kappa shape index (κ2) is 7.39. The SMILES string of the molecule is CC(=O)NCCNCCc1ccc([N+](=O)[O-])cc1. The second-order valence-electron chi connectivity index (χ2n) is 3.91. The van der Waals surface area contributed by atoms with Crippen LogP contribution in [0.15, 0.2) is 24.3 Å². The fourth-order valence-electron chi connectivity index (χ4n) is 1.47. The van der Waals surface area contributed by atoms with Crippen LogP contribution in [0.3, 0.4) is 0 Å². The number of carbonyl (C=O) groups excluding carboxylic acids is 1. The molecule has 0 aliphatic rings. The van der Waals surface area contributed by atoms with Crippen LogP contribution < -0.4 is 10.6 Å². The van der Waals surface area contributed by atoms with Gasteiger partial charge in [0.05, 0.1) is 4.92 Å². The van der Waals surface area contributed by atoms with Crippen LogP contribution in [-0.4, -0.2) is 30.5 Å². The molecule has 1 aromatic carbocycles. The Morgan fingerprint density at radius 2 is 1.89 bits per heavy atom. The van der Waals surface area contributed by atoms with Gasteiger partial charge < -0.3 is 10.6 Å². The molecule has 0 saturated heterocycles. The third kappa shape index (κ3) is 5.40. The summed E-state index contributed by atoms with van der Waals surface area (Å²) in [7, 11) is 0. The summed E-state index contributed by atoms with van der Waals surface area (Å²) in [5, 5.41) is 16.3. The third-order valence-corrected chi connectivity index (χ3v) is 2.41. The van der Waals surface area contributed by atoms with Crippen molar-refractivity contribution in [1.82, 2.24) is 10.6 Å². The molecule has 0 aliphatic heterocycles. The lowest BCUT2D eigenvalue weighted by atomic mass is 10.1. The van der Waals surface area contributed by atoms with Crippen molar-refractivity contribution in [2.75, 3.05) is 19.6 Å². The molecular weight excluding hydrogens is 234 g/mol. The van der Waals surface area contributed by atoms with Crippen molar-refractivity contribution < 1.29 is 9.72 Å². The molecule has 0 spiro atoms. The quantitative estimate of drug-likeness (QED) is 0.427. The van der Waals surface area contributed by atoms with E-state index in [-0.39, 0.29) is 11.6 Å². The summed E-state index contributed by atoms with van der Waals surface area (Å²) in [4.78, 5) is 20.6. The molecule has 0 radical (unpaired) electrons. The summed E-state index contributed by atoms with van der Waals surface area (Å²) in [5.41, 5.74) is 1.16. The molecule has 6 heteroatoms. The predicted octanol–water partition coefficient (Wildman–Crippen LogP) is 0.863. The van der Waals surface area contributed by atoms with Crippen molar-refractivity contribution in [1.29, 1.82) is 0 Å². The van der Waals surface area contributed by atoms with Gasteiger partial charge in [0.25, 0.3) is 5.69 Å². The molecule has 0 saturated carbocycles. The second-order valence-corrected chi connectivity index (χ2v) is 3.91. The number of amides is 1. The first-order chi connectivity index (χ1) is 8.59. The lowest BCUT2D eigenvalue weighted by Gasteiger charge is -2.05. The van der Waals surface area contributed by atoms with Crippen LogP contribution >= 0.6 is 0 Å². The molecule has 0 atom stereocenters. The van der Waals surface area contributed by atoms with Crippen LogP contribution in [0.1, 0.15) is 12.5 Å². The van der Waals surface area contributed by atoms with Gasteiger partial charge in [-0.15, -0.1) is 0 Å². The topological polar surface area (TPSA) is 84.3 Å². The number of nitrogens with zero attached hydrogens (tertiary/aromatic N) is 1. The minimum atomic E-state index is -0.407. The van der Waals surface area contributed by atoms with E-state index in [9.17, 15) is 14.9 Å². The maximum Gasteiger partial charge on any atom is 0.269 e. The molecule has 1 aromatic rings. The van der Waals surface area contributed by atoms with Crippen LogP contribution in [-0.2, 0) is 11.2 Å². The van der Waals surface area contributed by atoms with E-state index < -0.39 is 4.92 Å². The van der Waals surface area contributed by atoms with Crippen LogP contribution in [0.25, 0.3) is 0 Å². The average Bonchev–Trinajstić information content (AvgIpc) is 2.34. The van der Waals surface area contributed by atoms with Gasteiger partial charge in [0.2, 0.25) is 5.91 Å². The number of non-ortho nitro benzene ring substituents is 1. The summed E-state index contributed by atoms with van der Waals surface area (Å²) >= 11 is 0. The molecule has 0 bridgehead atoms. The molecule has 6 nitrogen and oxygen atoms in total. The Kier molecular flexibility index (Phi) is 5.79. The molecule has 0 unspecified atom stereocenters. The molecule has 18 heavy (non-hydrogen) atoms. The molecule has 98 valence electrons. The molecular formula is C12H17N3O3. The third-order valence-electron chi connectivity index (χ3n) is 2.41. The summed E-state index contributed by atoms with van der Waals surface area (Å²) in [6, 6.07) is 6.53. The first-order valence-electron chi connectivity index (χ1n) is 5.78. The van der Waals surface area contributed by atoms with E-state index in [1.807, 2.05) is 0 Å². The van der Waals surface area contributed by atoms with Crippen molar-refractivity contribution in [3.8, 4) is 0 Å². The van der Waals surface area contributed by atoms with E-state index in [2.05, 4.69) is 10.6 Å². The highest BCUT2D eigenvalue weighted by Gasteiger charge is 2.03. The van der Waals surface area contributed by atoms with Gasteiger partial charge in [0, 0.05) is 32.1 Å². The van der Waals surface area contributed by atoms with E-state index in [1.54, 1.807) is 12.1 Å². The van der Waals surface area contributed by atoms with E-state index in [1.165, 1.54) is 19.1 Å². The van der Waals surface area contributed by atoms with Gasteiger partial charge in [0.1, 0.15) is 0 Å². The predicted molar refractivity (Wildman–Crippen MR) is 68.4 cm³/mol. The fraction of sp³-hybridized carbons (Fsp3) is 0.417. The average molecular weight is 251 g/mol. The van der Waals surface area contributed by atoms with Crippen LogP contribution in [0.2, 0.25) is 0 Å². The van der Waals surface area contributed by atoms with Crippen LogP contribution in [0, 0.1) is 10.1 Å². The minimum absolute atomic E-state index is 0.0350. The first-order valence-corrected chi connectivity index (χ1v) is 5.78. The zero-order chi connectivity index (χ0) is 13.4. The number of nitro benzene ring substituents is 1. The Hall–Kier alpha value is -1.95. The molecule has 1 rings (SSSR count). The van der Waals surface area contributed by atoms with Crippen molar-refractivity contribution in [2.24, 2.45) is 0 Å². The van der Waals surface area contributed by atoms with Crippen LogP contribution in [0.5, 0.6) is 0 Å². The highest BCUT2D eigenvalue weighted by Crippen LogP contribution is 2.11. The summed E-state index contributed by atoms with van der Waals surface area (Å²) in [6.07, 6.45) is 0.804. The number of rotatable bonds is 7. The van der Waals surface area contributed by atoms with Gasteiger partial charge in [-0.25, -0.2) is 0 Å². The van der Waals surface area contributed by atoms with Crippen molar-refractivity contribution >= 4 is 11.6 Å². The highest BCUT2D eigenvalue weighted by atomic mass is 16.6. The molecule has 1 amide bonds.